The first-order valence-electron chi connectivity index (χ1n) is 9.05. The second kappa shape index (κ2) is 6.14. The molecule has 0 saturated carbocycles. The smallest absolute Gasteiger partial charge is 0.320 e. The molecule has 3 saturated heterocycles. The quantitative estimate of drug-likeness (QED) is 0.764. The number of carbonyl (C=O) groups is 1. The molecule has 3 nitrogen and oxygen atoms in total. The Morgan fingerprint density at radius 2 is 1.57 bits per heavy atom. The Morgan fingerprint density at radius 1 is 0.957 bits per heavy atom. The van der Waals surface area contributed by atoms with Crippen molar-refractivity contribution in [3.63, 3.8) is 0 Å². The molecule has 2 amide bonds. The lowest BCUT2D eigenvalue weighted by molar-refractivity contribution is 0.0991. The first-order chi connectivity index (χ1) is 11.2. The van der Waals surface area contributed by atoms with Gasteiger partial charge in [-0.05, 0) is 68.6 Å². The standard InChI is InChI=1S/C19H25FN2O/c20-16-6-4-14(5-7-16)15-12-17-8-9-18(13-15)22(17)19(23)21-10-2-1-3-11-21/h4-7,15,17-18H,1-3,8-13H2/t15?,17-,18+. The highest BCUT2D eigenvalue weighted by molar-refractivity contribution is 5.76. The number of urea groups is 1. The minimum atomic E-state index is -0.172. The number of hydrogen-bond acceptors (Lipinski definition) is 1. The molecule has 0 spiro atoms. The fraction of sp³-hybridized carbons (Fsp3) is 0.632. The minimum Gasteiger partial charge on any atom is -0.325 e. The van der Waals surface area contributed by atoms with E-state index in [4.69, 9.17) is 0 Å². The van der Waals surface area contributed by atoms with E-state index >= 15 is 0 Å². The van der Waals surface area contributed by atoms with Crippen molar-refractivity contribution in [3.8, 4) is 0 Å². The largest absolute Gasteiger partial charge is 0.325 e. The number of hydrogen-bond donors (Lipinski definition) is 0. The molecule has 0 N–H and O–H groups in total. The van der Waals surface area contributed by atoms with E-state index in [0.29, 0.717) is 18.0 Å². The van der Waals surface area contributed by atoms with Gasteiger partial charge in [0.25, 0.3) is 0 Å². The molecule has 3 heterocycles. The lowest BCUT2D eigenvalue weighted by Crippen LogP contribution is -2.53. The van der Waals surface area contributed by atoms with Gasteiger partial charge in [-0.2, -0.15) is 0 Å². The van der Waals surface area contributed by atoms with Crippen molar-refractivity contribution >= 4 is 6.03 Å². The summed E-state index contributed by atoms with van der Waals surface area (Å²) in [5.74, 6) is 0.299. The number of carbonyl (C=O) groups excluding carboxylic acids is 1. The molecule has 3 aliphatic rings. The third-order valence-corrected chi connectivity index (χ3v) is 5.92. The van der Waals surface area contributed by atoms with Crippen molar-refractivity contribution < 1.29 is 9.18 Å². The van der Waals surface area contributed by atoms with E-state index in [-0.39, 0.29) is 11.8 Å². The number of fused-ring (bicyclic) bond motifs is 2. The molecule has 124 valence electrons. The maximum Gasteiger partial charge on any atom is 0.320 e. The summed E-state index contributed by atoms with van der Waals surface area (Å²) in [5, 5.41) is 0. The Balaban J connectivity index is 1.47. The van der Waals surface area contributed by atoms with Gasteiger partial charge in [0.2, 0.25) is 0 Å². The van der Waals surface area contributed by atoms with E-state index in [1.54, 1.807) is 12.1 Å². The van der Waals surface area contributed by atoms with E-state index in [9.17, 15) is 9.18 Å². The molecule has 0 radical (unpaired) electrons. The Morgan fingerprint density at radius 3 is 2.17 bits per heavy atom. The summed E-state index contributed by atoms with van der Waals surface area (Å²) < 4.78 is 13.1. The molecule has 2 bridgehead atoms. The van der Waals surface area contributed by atoms with Crippen LogP contribution in [0.15, 0.2) is 24.3 Å². The third kappa shape index (κ3) is 2.84. The van der Waals surface area contributed by atoms with Crippen LogP contribution in [0.1, 0.15) is 56.4 Å². The Hall–Kier alpha value is -1.58. The first-order valence-corrected chi connectivity index (χ1v) is 9.05. The fourth-order valence-corrected chi connectivity index (χ4v) is 4.74. The normalized spacial score (nSPS) is 30.6. The molecule has 0 aliphatic carbocycles. The first kappa shape index (κ1) is 15.0. The van der Waals surface area contributed by atoms with Crippen molar-refractivity contribution in [2.75, 3.05) is 13.1 Å². The number of benzene rings is 1. The summed E-state index contributed by atoms with van der Waals surface area (Å²) in [4.78, 5) is 17.2. The molecule has 23 heavy (non-hydrogen) atoms. The lowest BCUT2D eigenvalue weighted by Gasteiger charge is -2.42. The van der Waals surface area contributed by atoms with Crippen LogP contribution >= 0.6 is 0 Å². The SMILES string of the molecule is O=C(N1CCCCC1)N1[C@@H]2CC[C@H]1CC(c1ccc(F)cc1)C2. The number of likely N-dealkylation sites (tertiary alicyclic amines) is 1. The third-order valence-electron chi connectivity index (χ3n) is 5.92. The van der Waals surface area contributed by atoms with E-state index in [1.165, 1.54) is 12.0 Å². The molecule has 1 unspecified atom stereocenters. The van der Waals surface area contributed by atoms with Gasteiger partial charge in [0.15, 0.2) is 0 Å². The van der Waals surface area contributed by atoms with Crippen LogP contribution in [0.4, 0.5) is 9.18 Å². The summed E-state index contributed by atoms with van der Waals surface area (Å²) in [7, 11) is 0. The number of amides is 2. The van der Waals surface area contributed by atoms with Crippen LogP contribution in [0.3, 0.4) is 0 Å². The van der Waals surface area contributed by atoms with Crippen LogP contribution in [0.2, 0.25) is 0 Å². The predicted octanol–water partition coefficient (Wildman–Crippen LogP) is 4.14. The summed E-state index contributed by atoms with van der Waals surface area (Å²) in [6.45, 7) is 1.85. The Labute approximate surface area is 137 Å². The zero-order valence-corrected chi connectivity index (χ0v) is 13.6. The van der Waals surface area contributed by atoms with E-state index < -0.39 is 0 Å². The van der Waals surface area contributed by atoms with E-state index in [1.807, 2.05) is 12.1 Å². The summed E-state index contributed by atoms with van der Waals surface area (Å²) >= 11 is 0. The summed E-state index contributed by atoms with van der Waals surface area (Å²) in [6.07, 6.45) is 7.86. The molecule has 0 aromatic heterocycles. The average molecular weight is 316 g/mol. The maximum atomic E-state index is 13.1. The number of rotatable bonds is 1. The number of nitrogens with zero attached hydrogens (tertiary/aromatic N) is 2. The molecule has 1 aromatic rings. The van der Waals surface area contributed by atoms with Crippen molar-refractivity contribution in [2.24, 2.45) is 0 Å². The molecule has 4 rings (SSSR count). The zero-order valence-electron chi connectivity index (χ0n) is 13.6. The van der Waals surface area contributed by atoms with E-state index in [0.717, 1.165) is 51.6 Å². The molecular weight excluding hydrogens is 291 g/mol. The van der Waals surface area contributed by atoms with Gasteiger partial charge in [0.1, 0.15) is 5.82 Å². The van der Waals surface area contributed by atoms with Gasteiger partial charge in [-0.15, -0.1) is 0 Å². The number of halogens is 1. The molecule has 4 heteroatoms. The van der Waals surface area contributed by atoms with Crippen LogP contribution in [0.25, 0.3) is 0 Å². The van der Waals surface area contributed by atoms with E-state index in [2.05, 4.69) is 9.80 Å². The summed E-state index contributed by atoms with van der Waals surface area (Å²) in [5.41, 5.74) is 1.23. The average Bonchev–Trinajstić information content (AvgIpc) is 2.85. The fourth-order valence-electron chi connectivity index (χ4n) is 4.74. The van der Waals surface area contributed by atoms with Crippen LogP contribution in [0, 0.1) is 5.82 Å². The van der Waals surface area contributed by atoms with Gasteiger partial charge in [-0.1, -0.05) is 12.1 Å². The topological polar surface area (TPSA) is 23.6 Å². The van der Waals surface area contributed by atoms with Gasteiger partial charge < -0.3 is 9.80 Å². The minimum absolute atomic E-state index is 0.172. The molecule has 3 atom stereocenters. The van der Waals surface area contributed by atoms with Crippen LogP contribution in [-0.4, -0.2) is 41.0 Å². The van der Waals surface area contributed by atoms with Gasteiger partial charge >= 0.3 is 6.03 Å². The molecular formula is C19H25FN2O. The molecule has 3 aliphatic heterocycles. The van der Waals surface area contributed by atoms with Crippen LogP contribution in [-0.2, 0) is 0 Å². The highest BCUT2D eigenvalue weighted by Crippen LogP contribution is 2.43. The van der Waals surface area contributed by atoms with Crippen molar-refractivity contribution in [1.82, 2.24) is 9.80 Å². The van der Waals surface area contributed by atoms with Gasteiger partial charge in [-0.25, -0.2) is 9.18 Å². The zero-order chi connectivity index (χ0) is 15.8. The molecule has 1 aromatic carbocycles. The second-order valence-corrected chi connectivity index (χ2v) is 7.34. The van der Waals surface area contributed by atoms with Crippen LogP contribution in [0.5, 0.6) is 0 Å². The van der Waals surface area contributed by atoms with Crippen LogP contribution < -0.4 is 0 Å². The van der Waals surface area contributed by atoms with Gasteiger partial charge in [0, 0.05) is 25.2 Å². The van der Waals surface area contributed by atoms with Gasteiger partial charge in [0.05, 0.1) is 0 Å². The second-order valence-electron chi connectivity index (χ2n) is 7.34. The Bertz CT molecular complexity index is 553. The highest BCUT2D eigenvalue weighted by Gasteiger charge is 2.44. The lowest BCUT2D eigenvalue weighted by atomic mass is 9.85. The van der Waals surface area contributed by atoms with Gasteiger partial charge in [-0.3, -0.25) is 0 Å². The predicted molar refractivity (Wildman–Crippen MR) is 87.8 cm³/mol. The maximum absolute atomic E-state index is 13.1. The van der Waals surface area contributed by atoms with Crippen molar-refractivity contribution in [2.45, 2.75) is 62.9 Å². The Kier molecular flexibility index (Phi) is 4.00. The van der Waals surface area contributed by atoms with Crippen molar-refractivity contribution in [1.29, 1.82) is 0 Å². The number of piperidine rings is 2. The van der Waals surface area contributed by atoms with Crippen molar-refractivity contribution in [3.05, 3.63) is 35.6 Å². The monoisotopic (exact) mass is 316 g/mol. The molecule has 3 fully saturated rings. The summed E-state index contributed by atoms with van der Waals surface area (Å²) in [6, 6.07) is 7.97. The highest BCUT2D eigenvalue weighted by atomic mass is 19.1.